The van der Waals surface area contributed by atoms with E-state index >= 15 is 0 Å². The van der Waals surface area contributed by atoms with Gasteiger partial charge in [-0.15, -0.1) is 0 Å². The highest BCUT2D eigenvalue weighted by Crippen LogP contribution is 2.20. The highest BCUT2D eigenvalue weighted by atomic mass is 32.2. The van der Waals surface area contributed by atoms with E-state index < -0.39 is 16.0 Å². The van der Waals surface area contributed by atoms with E-state index in [1.807, 2.05) is 0 Å². The third-order valence-corrected chi connectivity index (χ3v) is 6.93. The lowest BCUT2D eigenvalue weighted by Gasteiger charge is -2.18. The van der Waals surface area contributed by atoms with Crippen molar-refractivity contribution in [1.82, 2.24) is 14.6 Å². The first-order valence-corrected chi connectivity index (χ1v) is 11.3. The lowest BCUT2D eigenvalue weighted by molar-refractivity contribution is 0.0525. The Hall–Kier alpha value is -2.65. The first-order valence-electron chi connectivity index (χ1n) is 9.90. The van der Waals surface area contributed by atoms with E-state index in [2.05, 4.69) is 10.3 Å². The number of H-pyrrole nitrogens is 1. The van der Waals surface area contributed by atoms with Crippen molar-refractivity contribution < 1.29 is 22.7 Å². The molecule has 0 radical (unpaired) electrons. The minimum atomic E-state index is -3.52. The molecule has 164 valence electrons. The summed E-state index contributed by atoms with van der Waals surface area (Å²) in [6.07, 6.45) is 0. The third-order valence-electron chi connectivity index (χ3n) is 4.86. The van der Waals surface area contributed by atoms with E-state index in [-0.39, 0.29) is 24.0 Å². The monoisotopic (exact) mass is 435 g/mol. The standard InChI is InChI=1S/C21H29N3O5S/c1-6-24(7-2)30(27,28)17-11-9-16(10-12-17)13-22-20(25)19-14(4)18(15(5)23-19)21(26)29-8-3/h9-12,23H,6-8,13H2,1-5H3,(H,22,25). The van der Waals surface area contributed by atoms with Crippen LogP contribution >= 0.6 is 0 Å². The van der Waals surface area contributed by atoms with Crippen LogP contribution < -0.4 is 5.32 Å². The molecule has 2 aromatic rings. The number of aromatic nitrogens is 1. The summed E-state index contributed by atoms with van der Waals surface area (Å²) in [6.45, 7) is 10.00. The van der Waals surface area contributed by atoms with E-state index in [9.17, 15) is 18.0 Å². The van der Waals surface area contributed by atoms with Crippen molar-refractivity contribution in [3.8, 4) is 0 Å². The Morgan fingerprint density at radius 3 is 2.20 bits per heavy atom. The lowest BCUT2D eigenvalue weighted by Crippen LogP contribution is -2.30. The van der Waals surface area contributed by atoms with E-state index in [4.69, 9.17) is 4.74 Å². The van der Waals surface area contributed by atoms with Crippen molar-refractivity contribution in [3.63, 3.8) is 0 Å². The molecule has 1 heterocycles. The van der Waals surface area contributed by atoms with Gasteiger partial charge in [0.25, 0.3) is 5.91 Å². The first kappa shape index (κ1) is 23.6. The molecule has 0 saturated carbocycles. The summed E-state index contributed by atoms with van der Waals surface area (Å²) in [5.41, 5.74) is 2.53. The molecule has 30 heavy (non-hydrogen) atoms. The molecule has 2 N–H and O–H groups in total. The van der Waals surface area contributed by atoms with Crippen molar-refractivity contribution in [2.24, 2.45) is 0 Å². The van der Waals surface area contributed by atoms with Gasteiger partial charge in [-0.2, -0.15) is 4.31 Å². The molecule has 1 aromatic heterocycles. The molecule has 1 aromatic carbocycles. The maximum absolute atomic E-state index is 12.6. The number of nitrogens with one attached hydrogen (secondary N) is 2. The van der Waals surface area contributed by atoms with E-state index in [1.54, 1.807) is 46.8 Å². The van der Waals surface area contributed by atoms with Gasteiger partial charge in [0.05, 0.1) is 17.1 Å². The molecular weight excluding hydrogens is 406 g/mol. The van der Waals surface area contributed by atoms with Crippen LogP contribution in [0.1, 0.15) is 58.4 Å². The lowest BCUT2D eigenvalue weighted by atomic mass is 10.1. The third kappa shape index (κ3) is 4.91. The van der Waals surface area contributed by atoms with Crippen LogP contribution in [0.25, 0.3) is 0 Å². The predicted octanol–water partition coefficient (Wildman–Crippen LogP) is 2.77. The van der Waals surface area contributed by atoms with Crippen LogP contribution in [0.15, 0.2) is 29.2 Å². The van der Waals surface area contributed by atoms with Gasteiger partial charge in [0.15, 0.2) is 0 Å². The van der Waals surface area contributed by atoms with E-state index in [0.717, 1.165) is 5.56 Å². The fourth-order valence-corrected chi connectivity index (χ4v) is 4.71. The van der Waals surface area contributed by atoms with Gasteiger partial charge in [-0.3, -0.25) is 4.79 Å². The summed E-state index contributed by atoms with van der Waals surface area (Å²) >= 11 is 0. The number of benzene rings is 1. The molecule has 0 aliphatic carbocycles. The highest BCUT2D eigenvalue weighted by molar-refractivity contribution is 7.89. The molecule has 0 fully saturated rings. The van der Waals surface area contributed by atoms with Crippen molar-refractivity contribution >= 4 is 21.9 Å². The largest absolute Gasteiger partial charge is 0.462 e. The van der Waals surface area contributed by atoms with Crippen LogP contribution in [0.5, 0.6) is 0 Å². The zero-order valence-electron chi connectivity index (χ0n) is 18.0. The Morgan fingerprint density at radius 2 is 1.67 bits per heavy atom. The SMILES string of the molecule is CCOC(=O)c1c(C)[nH]c(C(=O)NCc2ccc(S(=O)(=O)N(CC)CC)cc2)c1C. The summed E-state index contributed by atoms with van der Waals surface area (Å²) < 4.78 is 31.5. The first-order chi connectivity index (χ1) is 14.2. The smallest absolute Gasteiger partial charge is 0.340 e. The number of hydrogen-bond donors (Lipinski definition) is 2. The molecule has 0 bridgehead atoms. The number of aromatic amines is 1. The fourth-order valence-electron chi connectivity index (χ4n) is 3.25. The fraction of sp³-hybridized carbons (Fsp3) is 0.429. The van der Waals surface area contributed by atoms with Crippen LogP contribution in [0.3, 0.4) is 0 Å². The molecule has 8 nitrogen and oxygen atoms in total. The molecule has 9 heteroatoms. The summed E-state index contributed by atoms with van der Waals surface area (Å²) in [7, 11) is -3.52. The topological polar surface area (TPSA) is 109 Å². The Labute approximate surface area is 177 Å². The number of sulfonamides is 1. The Kier molecular flexibility index (Phi) is 7.80. The van der Waals surface area contributed by atoms with Crippen molar-refractivity contribution in [3.05, 3.63) is 52.3 Å². The Bertz CT molecular complexity index is 1010. The number of rotatable bonds is 9. The van der Waals surface area contributed by atoms with Gasteiger partial charge < -0.3 is 15.0 Å². The van der Waals surface area contributed by atoms with Gasteiger partial charge in [0.2, 0.25) is 10.0 Å². The maximum atomic E-state index is 12.6. The van der Waals surface area contributed by atoms with Gasteiger partial charge >= 0.3 is 5.97 Å². The van der Waals surface area contributed by atoms with E-state index in [0.29, 0.717) is 35.6 Å². The zero-order valence-corrected chi connectivity index (χ0v) is 18.9. The second kappa shape index (κ2) is 9.90. The van der Waals surface area contributed by atoms with Crippen molar-refractivity contribution in [1.29, 1.82) is 0 Å². The minimum Gasteiger partial charge on any atom is -0.462 e. The van der Waals surface area contributed by atoms with Crippen molar-refractivity contribution in [2.45, 2.75) is 46.1 Å². The molecule has 0 spiro atoms. The summed E-state index contributed by atoms with van der Waals surface area (Å²) in [6, 6.07) is 6.43. The second-order valence-corrected chi connectivity index (χ2v) is 8.70. The van der Waals surface area contributed by atoms with Crippen LogP contribution in [0, 0.1) is 13.8 Å². The number of esters is 1. The molecule has 0 unspecified atom stereocenters. The number of carbonyl (C=O) groups is 2. The Balaban J connectivity index is 2.11. The van der Waals surface area contributed by atoms with Gasteiger partial charge in [-0.1, -0.05) is 26.0 Å². The second-order valence-electron chi connectivity index (χ2n) is 6.76. The van der Waals surface area contributed by atoms with Crippen LogP contribution in [0.4, 0.5) is 0 Å². The normalized spacial score (nSPS) is 11.5. The zero-order chi connectivity index (χ0) is 22.5. The predicted molar refractivity (Wildman–Crippen MR) is 114 cm³/mol. The Morgan fingerprint density at radius 1 is 1.07 bits per heavy atom. The quantitative estimate of drug-likeness (QED) is 0.589. The summed E-state index contributed by atoms with van der Waals surface area (Å²) in [4.78, 5) is 27.8. The molecule has 0 aliphatic heterocycles. The summed E-state index contributed by atoms with van der Waals surface area (Å²) in [5, 5.41) is 2.79. The number of amides is 1. The average Bonchev–Trinajstić information content (AvgIpc) is 3.01. The molecule has 0 aliphatic rings. The molecule has 2 rings (SSSR count). The average molecular weight is 436 g/mol. The molecular formula is C21H29N3O5S. The van der Waals surface area contributed by atoms with Gasteiger partial charge in [-0.25, -0.2) is 13.2 Å². The van der Waals surface area contributed by atoms with Gasteiger partial charge in [-0.05, 0) is 44.0 Å². The number of hydrogen-bond acceptors (Lipinski definition) is 5. The van der Waals surface area contributed by atoms with Gasteiger partial charge in [0.1, 0.15) is 5.69 Å². The van der Waals surface area contributed by atoms with Gasteiger partial charge in [0, 0.05) is 25.3 Å². The number of carbonyl (C=O) groups excluding carboxylic acids is 2. The molecule has 0 atom stereocenters. The van der Waals surface area contributed by atoms with Crippen LogP contribution in [-0.4, -0.2) is 49.3 Å². The molecule has 1 amide bonds. The summed E-state index contributed by atoms with van der Waals surface area (Å²) in [5.74, 6) is -0.821. The van der Waals surface area contributed by atoms with Crippen LogP contribution in [-0.2, 0) is 21.3 Å². The number of aryl methyl sites for hydroxylation is 1. The van der Waals surface area contributed by atoms with E-state index in [1.165, 1.54) is 16.4 Å². The number of ether oxygens (including phenoxy) is 1. The van der Waals surface area contributed by atoms with Crippen LogP contribution in [0.2, 0.25) is 0 Å². The number of nitrogens with zero attached hydrogens (tertiary/aromatic N) is 1. The minimum absolute atomic E-state index is 0.219. The molecule has 0 saturated heterocycles. The maximum Gasteiger partial charge on any atom is 0.340 e. The highest BCUT2D eigenvalue weighted by Gasteiger charge is 2.23. The van der Waals surface area contributed by atoms with Crippen molar-refractivity contribution in [2.75, 3.05) is 19.7 Å².